The van der Waals surface area contributed by atoms with Gasteiger partial charge in [0.25, 0.3) is 0 Å². The van der Waals surface area contributed by atoms with Crippen molar-refractivity contribution in [2.45, 2.75) is 45.8 Å². The minimum Gasteiger partial charge on any atom is -0.494 e. The standard InChI is InChI=1S/C26H32FN3O4/c1-4-32-21-14-22(24(27)23(15-21)34-17(3)19-10-12-29-13-11-19)25(26(31)33-5-2)30-20-8-6-18(16-28)7-9-20/h6-9,14-15,17,19,25,29-30H,4-5,10-13H2,1-3H3. The maximum Gasteiger partial charge on any atom is 0.333 e. The van der Waals surface area contributed by atoms with Crippen LogP contribution < -0.4 is 20.1 Å². The summed E-state index contributed by atoms with van der Waals surface area (Å²) < 4.78 is 32.8. The summed E-state index contributed by atoms with van der Waals surface area (Å²) in [6.45, 7) is 7.81. The van der Waals surface area contributed by atoms with Crippen LogP contribution in [0.1, 0.15) is 50.8 Å². The van der Waals surface area contributed by atoms with Crippen molar-refractivity contribution >= 4 is 11.7 Å². The minimum absolute atomic E-state index is 0.0444. The Balaban J connectivity index is 1.96. The quantitative estimate of drug-likeness (QED) is 0.492. The Labute approximate surface area is 200 Å². The number of ether oxygens (including phenoxy) is 3. The molecule has 34 heavy (non-hydrogen) atoms. The number of carbonyl (C=O) groups excluding carboxylic acids is 1. The molecule has 2 aromatic carbocycles. The van der Waals surface area contributed by atoms with E-state index in [2.05, 4.69) is 10.6 Å². The van der Waals surface area contributed by atoms with Crippen LogP contribution in [-0.4, -0.2) is 38.4 Å². The van der Waals surface area contributed by atoms with Crippen molar-refractivity contribution in [2.75, 3.05) is 31.6 Å². The van der Waals surface area contributed by atoms with Gasteiger partial charge in [-0.25, -0.2) is 9.18 Å². The van der Waals surface area contributed by atoms with Gasteiger partial charge in [-0.05, 0) is 83.0 Å². The molecule has 1 fully saturated rings. The number of anilines is 1. The first-order valence-corrected chi connectivity index (χ1v) is 11.7. The predicted octanol–water partition coefficient (Wildman–Crippen LogP) is 4.58. The van der Waals surface area contributed by atoms with Crippen molar-refractivity contribution in [3.63, 3.8) is 0 Å². The molecule has 0 spiro atoms. The van der Waals surface area contributed by atoms with Crippen molar-refractivity contribution < 1.29 is 23.4 Å². The van der Waals surface area contributed by atoms with Gasteiger partial charge in [-0.1, -0.05) is 0 Å². The van der Waals surface area contributed by atoms with E-state index in [1.807, 2.05) is 19.9 Å². The monoisotopic (exact) mass is 469 g/mol. The van der Waals surface area contributed by atoms with Crippen molar-refractivity contribution in [1.29, 1.82) is 5.26 Å². The lowest BCUT2D eigenvalue weighted by atomic mass is 9.93. The van der Waals surface area contributed by atoms with Crippen molar-refractivity contribution in [1.82, 2.24) is 5.32 Å². The predicted molar refractivity (Wildman–Crippen MR) is 127 cm³/mol. The average molecular weight is 470 g/mol. The molecular weight excluding hydrogens is 437 g/mol. The highest BCUT2D eigenvalue weighted by atomic mass is 19.1. The molecule has 1 aliphatic heterocycles. The highest BCUT2D eigenvalue weighted by Gasteiger charge is 2.30. The largest absolute Gasteiger partial charge is 0.494 e. The third kappa shape index (κ3) is 6.39. The Kier molecular flexibility index (Phi) is 9.11. The molecular formula is C26H32FN3O4. The van der Waals surface area contributed by atoms with Crippen LogP contribution in [0.3, 0.4) is 0 Å². The van der Waals surface area contributed by atoms with Crippen LogP contribution in [0, 0.1) is 23.1 Å². The zero-order valence-electron chi connectivity index (χ0n) is 19.9. The third-order valence-electron chi connectivity index (χ3n) is 5.87. The molecule has 2 aromatic rings. The lowest BCUT2D eigenvalue weighted by Crippen LogP contribution is -2.35. The Morgan fingerprint density at radius 1 is 1.21 bits per heavy atom. The van der Waals surface area contributed by atoms with E-state index >= 15 is 4.39 Å². The number of rotatable bonds is 10. The van der Waals surface area contributed by atoms with Gasteiger partial charge in [0.15, 0.2) is 17.6 Å². The lowest BCUT2D eigenvalue weighted by Gasteiger charge is -2.29. The number of esters is 1. The molecule has 0 radical (unpaired) electrons. The van der Waals surface area contributed by atoms with Crippen LogP contribution in [0.4, 0.5) is 10.1 Å². The summed E-state index contributed by atoms with van der Waals surface area (Å²) in [6, 6.07) is 10.5. The molecule has 0 amide bonds. The summed E-state index contributed by atoms with van der Waals surface area (Å²) in [4.78, 5) is 12.9. The summed E-state index contributed by atoms with van der Waals surface area (Å²) in [5, 5.41) is 15.4. The normalized spacial score (nSPS) is 15.6. The first-order chi connectivity index (χ1) is 16.5. The minimum atomic E-state index is -1.13. The summed E-state index contributed by atoms with van der Waals surface area (Å²) in [5.74, 6) is -0.511. The molecule has 1 heterocycles. The molecule has 2 atom stereocenters. The highest BCUT2D eigenvalue weighted by molar-refractivity contribution is 5.81. The third-order valence-corrected chi connectivity index (χ3v) is 5.87. The van der Waals surface area contributed by atoms with E-state index in [4.69, 9.17) is 19.5 Å². The van der Waals surface area contributed by atoms with E-state index in [1.54, 1.807) is 31.2 Å². The summed E-state index contributed by atoms with van der Waals surface area (Å²) in [5.41, 5.74) is 1.09. The van der Waals surface area contributed by atoms with Crippen LogP contribution in [0.15, 0.2) is 36.4 Å². The van der Waals surface area contributed by atoms with Gasteiger partial charge < -0.3 is 24.8 Å². The number of carbonyl (C=O) groups is 1. The number of benzene rings is 2. The van der Waals surface area contributed by atoms with Gasteiger partial charge >= 0.3 is 5.97 Å². The topological polar surface area (TPSA) is 92.6 Å². The van der Waals surface area contributed by atoms with Crippen molar-refractivity contribution in [2.24, 2.45) is 5.92 Å². The van der Waals surface area contributed by atoms with E-state index in [9.17, 15) is 4.79 Å². The zero-order valence-corrected chi connectivity index (χ0v) is 19.9. The van der Waals surface area contributed by atoms with E-state index < -0.39 is 17.8 Å². The van der Waals surface area contributed by atoms with Gasteiger partial charge in [-0.3, -0.25) is 0 Å². The number of halogens is 1. The fourth-order valence-corrected chi connectivity index (χ4v) is 4.05. The van der Waals surface area contributed by atoms with Crippen molar-refractivity contribution in [3.05, 3.63) is 53.3 Å². The number of nitriles is 1. The van der Waals surface area contributed by atoms with Gasteiger partial charge in [-0.2, -0.15) is 5.26 Å². The molecule has 1 saturated heterocycles. The Morgan fingerprint density at radius 2 is 1.91 bits per heavy atom. The highest BCUT2D eigenvalue weighted by Crippen LogP contribution is 2.35. The molecule has 0 saturated carbocycles. The smallest absolute Gasteiger partial charge is 0.333 e. The Morgan fingerprint density at radius 3 is 2.53 bits per heavy atom. The Hall–Kier alpha value is -3.31. The SMILES string of the molecule is CCOC(=O)C(Nc1ccc(C#N)cc1)c1cc(OCC)cc(OC(C)C2CCNCC2)c1F. The lowest BCUT2D eigenvalue weighted by molar-refractivity contribution is -0.144. The molecule has 0 aliphatic carbocycles. The molecule has 8 heteroatoms. The second-order valence-electron chi connectivity index (χ2n) is 8.19. The van der Waals surface area contributed by atoms with E-state index in [1.165, 1.54) is 12.1 Å². The van der Waals surface area contributed by atoms with Crippen LogP contribution in [-0.2, 0) is 9.53 Å². The van der Waals surface area contributed by atoms with Gasteiger partial charge in [0.2, 0.25) is 0 Å². The van der Waals surface area contributed by atoms with Crippen LogP contribution in [0.5, 0.6) is 11.5 Å². The van der Waals surface area contributed by atoms with Gasteiger partial charge in [0.1, 0.15) is 5.75 Å². The first-order valence-electron chi connectivity index (χ1n) is 11.7. The number of piperidine rings is 1. The number of hydrogen-bond donors (Lipinski definition) is 2. The maximum absolute atomic E-state index is 15.8. The molecule has 0 aromatic heterocycles. The number of hydrogen-bond acceptors (Lipinski definition) is 7. The van der Waals surface area contributed by atoms with Crippen LogP contribution >= 0.6 is 0 Å². The van der Waals surface area contributed by atoms with Crippen LogP contribution in [0.25, 0.3) is 0 Å². The number of nitrogens with zero attached hydrogens (tertiary/aromatic N) is 1. The molecule has 7 nitrogen and oxygen atoms in total. The molecule has 0 bridgehead atoms. The number of nitrogens with one attached hydrogen (secondary N) is 2. The zero-order chi connectivity index (χ0) is 24.5. The second-order valence-corrected chi connectivity index (χ2v) is 8.19. The van der Waals surface area contributed by atoms with E-state index in [-0.39, 0.29) is 24.0 Å². The van der Waals surface area contributed by atoms with Crippen LogP contribution in [0.2, 0.25) is 0 Å². The van der Waals surface area contributed by atoms with Gasteiger partial charge in [-0.15, -0.1) is 0 Å². The first kappa shape index (κ1) is 25.3. The average Bonchev–Trinajstić information content (AvgIpc) is 2.85. The fraction of sp³-hybridized carbons (Fsp3) is 0.462. The molecule has 2 N–H and O–H groups in total. The molecule has 1 aliphatic rings. The van der Waals surface area contributed by atoms with Gasteiger partial charge in [0.05, 0.1) is 31.0 Å². The Bertz CT molecular complexity index is 1000. The van der Waals surface area contributed by atoms with E-state index in [0.29, 0.717) is 29.5 Å². The van der Waals surface area contributed by atoms with E-state index in [0.717, 1.165) is 25.9 Å². The fourth-order valence-electron chi connectivity index (χ4n) is 4.05. The van der Waals surface area contributed by atoms with Crippen molar-refractivity contribution in [3.8, 4) is 17.6 Å². The summed E-state index contributed by atoms with van der Waals surface area (Å²) in [6.07, 6.45) is 1.70. The maximum atomic E-state index is 15.8. The summed E-state index contributed by atoms with van der Waals surface area (Å²) >= 11 is 0. The summed E-state index contributed by atoms with van der Waals surface area (Å²) in [7, 11) is 0. The molecule has 2 unspecified atom stereocenters. The molecule has 3 rings (SSSR count). The second kappa shape index (κ2) is 12.2. The molecule has 182 valence electrons. The van der Waals surface area contributed by atoms with Gasteiger partial charge in [0, 0.05) is 17.3 Å².